The fraction of sp³-hybridized carbons (Fsp3) is 0.588. The van der Waals surface area contributed by atoms with Gasteiger partial charge in [0, 0.05) is 33.1 Å². The van der Waals surface area contributed by atoms with Crippen LogP contribution in [0.25, 0.3) is 0 Å². The summed E-state index contributed by atoms with van der Waals surface area (Å²) in [5, 5.41) is 3.50. The number of aliphatic imine (C=N–C) groups is 1. The highest BCUT2D eigenvalue weighted by Gasteiger charge is 2.11. The number of guanidine groups is 1. The third kappa shape index (κ3) is 7.16. The van der Waals surface area contributed by atoms with Crippen LogP contribution < -0.4 is 5.32 Å². The van der Waals surface area contributed by atoms with E-state index in [1.54, 1.807) is 0 Å². The van der Waals surface area contributed by atoms with Crippen molar-refractivity contribution in [2.75, 3.05) is 27.2 Å². The van der Waals surface area contributed by atoms with Crippen molar-refractivity contribution in [3.63, 3.8) is 0 Å². The molecule has 1 atom stereocenters. The highest BCUT2D eigenvalue weighted by Crippen LogP contribution is 2.17. The Morgan fingerprint density at radius 2 is 1.90 bits per heavy atom. The van der Waals surface area contributed by atoms with Gasteiger partial charge in [0.05, 0.1) is 0 Å². The van der Waals surface area contributed by atoms with E-state index >= 15 is 0 Å². The van der Waals surface area contributed by atoms with Gasteiger partial charge in [0.15, 0.2) is 5.96 Å². The van der Waals surface area contributed by atoms with Crippen LogP contribution in [0, 0.1) is 0 Å². The van der Waals surface area contributed by atoms with Crippen LogP contribution in [0.2, 0.25) is 0 Å². The molecule has 0 fully saturated rings. The summed E-state index contributed by atoms with van der Waals surface area (Å²) in [5.41, 5.74) is 1.40. The van der Waals surface area contributed by atoms with Crippen LogP contribution in [-0.2, 0) is 0 Å². The molecule has 0 amide bonds. The third-order valence-electron chi connectivity index (χ3n) is 3.69. The first-order valence-electron chi connectivity index (χ1n) is 7.69. The fourth-order valence-corrected chi connectivity index (χ4v) is 2.32. The van der Waals surface area contributed by atoms with Gasteiger partial charge < -0.3 is 10.2 Å². The monoisotopic (exact) mass is 403 g/mol. The smallest absolute Gasteiger partial charge is 0.193 e. The molecule has 1 N–H and O–H groups in total. The molecule has 3 nitrogen and oxygen atoms in total. The molecule has 120 valence electrons. The fourth-order valence-electron chi connectivity index (χ4n) is 2.32. The average Bonchev–Trinajstić information content (AvgIpc) is 2.50. The van der Waals surface area contributed by atoms with E-state index in [-0.39, 0.29) is 24.0 Å². The summed E-state index contributed by atoms with van der Waals surface area (Å²) in [7, 11) is 3.96. The molecule has 1 aromatic carbocycles. The first kappa shape index (κ1) is 20.2. The maximum absolute atomic E-state index is 4.37. The largest absolute Gasteiger partial charge is 0.356 e. The zero-order valence-corrected chi connectivity index (χ0v) is 16.1. The van der Waals surface area contributed by atoms with Crippen molar-refractivity contribution >= 4 is 29.9 Å². The highest BCUT2D eigenvalue weighted by molar-refractivity contribution is 14.0. The second-order valence-corrected chi connectivity index (χ2v) is 5.22. The van der Waals surface area contributed by atoms with Gasteiger partial charge in [-0.2, -0.15) is 0 Å². The van der Waals surface area contributed by atoms with E-state index in [0.717, 1.165) is 25.5 Å². The van der Waals surface area contributed by atoms with Crippen molar-refractivity contribution in [3.05, 3.63) is 35.9 Å². The minimum Gasteiger partial charge on any atom is -0.356 e. The van der Waals surface area contributed by atoms with Crippen LogP contribution in [0.15, 0.2) is 35.3 Å². The lowest BCUT2D eigenvalue weighted by atomic mass is 9.97. The first-order chi connectivity index (χ1) is 9.72. The molecule has 0 aliphatic heterocycles. The van der Waals surface area contributed by atoms with E-state index in [9.17, 15) is 0 Å². The molecule has 0 saturated heterocycles. The van der Waals surface area contributed by atoms with Crippen molar-refractivity contribution in [2.24, 2.45) is 4.99 Å². The number of rotatable bonds is 7. The molecule has 0 heterocycles. The molecule has 0 aliphatic carbocycles. The predicted octanol–water partition coefficient (Wildman–Crippen LogP) is 4.11. The van der Waals surface area contributed by atoms with Crippen molar-refractivity contribution in [1.29, 1.82) is 0 Å². The molecule has 0 bridgehead atoms. The summed E-state index contributed by atoms with van der Waals surface area (Å²) in [6.45, 7) is 6.44. The zero-order chi connectivity index (χ0) is 14.8. The summed E-state index contributed by atoms with van der Waals surface area (Å²) in [4.78, 5) is 6.58. The number of nitrogens with zero attached hydrogens (tertiary/aromatic N) is 2. The Kier molecular flexibility index (Phi) is 11.4. The summed E-state index contributed by atoms with van der Waals surface area (Å²) in [6.07, 6.45) is 3.54. The molecule has 21 heavy (non-hydrogen) atoms. The first-order valence-corrected chi connectivity index (χ1v) is 7.69. The molecule has 0 aromatic heterocycles. The van der Waals surface area contributed by atoms with Gasteiger partial charge in [0.25, 0.3) is 0 Å². The Labute approximate surface area is 147 Å². The van der Waals surface area contributed by atoms with Gasteiger partial charge in [-0.3, -0.25) is 4.99 Å². The van der Waals surface area contributed by atoms with Gasteiger partial charge in [0.1, 0.15) is 0 Å². The number of unbranched alkanes of at least 4 members (excludes halogenated alkanes) is 1. The Bertz CT molecular complexity index is 392. The minimum atomic E-state index is 0. The van der Waals surface area contributed by atoms with Gasteiger partial charge >= 0.3 is 0 Å². The standard InChI is InChI=1S/C17H29N3.HI/c1-5-7-13-20(4)17(18-3)19-14-15(6-2)16-11-9-8-10-12-16;/h8-12,15H,5-7,13-14H2,1-4H3,(H,18,19);1H. The average molecular weight is 403 g/mol. The van der Waals surface area contributed by atoms with Crippen LogP contribution in [0.5, 0.6) is 0 Å². The number of hydrogen-bond acceptors (Lipinski definition) is 1. The Balaban J connectivity index is 0.00000400. The van der Waals surface area contributed by atoms with Crippen LogP contribution in [0.1, 0.15) is 44.6 Å². The molecule has 0 spiro atoms. The van der Waals surface area contributed by atoms with E-state index in [0.29, 0.717) is 5.92 Å². The van der Waals surface area contributed by atoms with Crippen molar-refractivity contribution < 1.29 is 0 Å². The van der Waals surface area contributed by atoms with E-state index < -0.39 is 0 Å². The number of nitrogens with one attached hydrogen (secondary N) is 1. The summed E-state index contributed by atoms with van der Waals surface area (Å²) in [6, 6.07) is 10.7. The molecule has 0 aliphatic rings. The van der Waals surface area contributed by atoms with Crippen LogP contribution in [-0.4, -0.2) is 38.0 Å². The molecule has 0 saturated carbocycles. The van der Waals surface area contributed by atoms with Gasteiger partial charge in [-0.05, 0) is 18.4 Å². The topological polar surface area (TPSA) is 27.6 Å². The summed E-state index contributed by atoms with van der Waals surface area (Å²) in [5.74, 6) is 1.53. The van der Waals surface area contributed by atoms with Gasteiger partial charge in [0.2, 0.25) is 0 Å². The molecular weight excluding hydrogens is 373 g/mol. The zero-order valence-electron chi connectivity index (χ0n) is 13.8. The number of benzene rings is 1. The summed E-state index contributed by atoms with van der Waals surface area (Å²) < 4.78 is 0. The number of hydrogen-bond donors (Lipinski definition) is 1. The van der Waals surface area contributed by atoms with Crippen molar-refractivity contribution in [1.82, 2.24) is 10.2 Å². The highest BCUT2D eigenvalue weighted by atomic mass is 127. The van der Waals surface area contributed by atoms with Crippen molar-refractivity contribution in [2.45, 2.75) is 39.0 Å². The molecule has 0 radical (unpaired) electrons. The van der Waals surface area contributed by atoms with Crippen LogP contribution >= 0.6 is 24.0 Å². The van der Waals surface area contributed by atoms with Crippen LogP contribution in [0.3, 0.4) is 0 Å². The van der Waals surface area contributed by atoms with Crippen LogP contribution in [0.4, 0.5) is 0 Å². The van der Waals surface area contributed by atoms with Gasteiger partial charge in [-0.25, -0.2) is 0 Å². The van der Waals surface area contributed by atoms with E-state index in [4.69, 9.17) is 0 Å². The molecule has 1 unspecified atom stereocenters. The minimum absolute atomic E-state index is 0. The number of halogens is 1. The van der Waals surface area contributed by atoms with Gasteiger partial charge in [-0.15, -0.1) is 24.0 Å². The van der Waals surface area contributed by atoms with E-state index in [2.05, 4.69) is 66.4 Å². The predicted molar refractivity (Wildman–Crippen MR) is 104 cm³/mol. The second-order valence-electron chi connectivity index (χ2n) is 5.22. The SMILES string of the molecule is CCCCN(C)C(=NC)NCC(CC)c1ccccc1.I. The molecular formula is C17H30IN3. The van der Waals surface area contributed by atoms with E-state index in [1.807, 2.05) is 7.05 Å². The molecule has 1 aromatic rings. The van der Waals surface area contributed by atoms with E-state index in [1.165, 1.54) is 18.4 Å². The maximum atomic E-state index is 4.37. The summed E-state index contributed by atoms with van der Waals surface area (Å²) >= 11 is 0. The normalized spacial score (nSPS) is 12.5. The Morgan fingerprint density at radius 3 is 2.43 bits per heavy atom. The van der Waals surface area contributed by atoms with Gasteiger partial charge in [-0.1, -0.05) is 50.6 Å². The quantitative estimate of drug-likeness (QED) is 0.422. The molecule has 1 rings (SSSR count). The lowest BCUT2D eigenvalue weighted by Crippen LogP contribution is -2.41. The Morgan fingerprint density at radius 1 is 1.24 bits per heavy atom. The second kappa shape index (κ2) is 11.8. The lowest BCUT2D eigenvalue weighted by molar-refractivity contribution is 0.460. The lowest BCUT2D eigenvalue weighted by Gasteiger charge is -2.24. The Hall–Kier alpha value is -0.780. The maximum Gasteiger partial charge on any atom is 0.193 e. The molecule has 4 heteroatoms. The third-order valence-corrected chi connectivity index (χ3v) is 3.69. The van der Waals surface area contributed by atoms with Crippen molar-refractivity contribution in [3.8, 4) is 0 Å².